The molecule has 0 aromatic heterocycles. The number of rotatable bonds is 7. The van der Waals surface area contributed by atoms with Crippen molar-refractivity contribution in [1.29, 1.82) is 0 Å². The Kier molecular flexibility index (Phi) is 8.12. The van der Waals surface area contributed by atoms with Gasteiger partial charge in [0.05, 0.1) is 5.92 Å². The molecule has 0 bridgehead atoms. The Morgan fingerprint density at radius 3 is 2.40 bits per heavy atom. The summed E-state index contributed by atoms with van der Waals surface area (Å²) in [5.74, 6) is -0.240. The quantitative estimate of drug-likeness (QED) is 0.672. The van der Waals surface area contributed by atoms with E-state index in [4.69, 9.17) is 0 Å². The summed E-state index contributed by atoms with van der Waals surface area (Å²) in [6.45, 7) is 4.85. The van der Waals surface area contributed by atoms with Crippen LogP contribution in [0.4, 0.5) is 0 Å². The minimum absolute atomic E-state index is 0.00507. The van der Waals surface area contributed by atoms with Crippen LogP contribution in [-0.2, 0) is 15.0 Å². The molecule has 2 rings (SSSR count). The van der Waals surface area contributed by atoms with Crippen LogP contribution in [0.3, 0.4) is 0 Å². The lowest BCUT2D eigenvalue weighted by atomic mass is 9.99. The monoisotopic (exact) mass is 374 g/mol. The highest BCUT2D eigenvalue weighted by Crippen LogP contribution is 2.20. The van der Waals surface area contributed by atoms with Crippen LogP contribution in [0.2, 0.25) is 0 Å². The first-order chi connectivity index (χ1) is 11.9. The first-order valence-electron chi connectivity index (χ1n) is 9.59. The van der Waals surface area contributed by atoms with Crippen molar-refractivity contribution in [1.82, 2.24) is 18.8 Å². The zero-order valence-corrected chi connectivity index (χ0v) is 16.6. The van der Waals surface area contributed by atoms with Crippen molar-refractivity contribution < 1.29 is 13.2 Å². The Balaban J connectivity index is 1.71. The molecular formula is C17H34N4O3S. The van der Waals surface area contributed by atoms with Crippen molar-refractivity contribution in [2.24, 2.45) is 5.92 Å². The fraction of sp³-hybridized carbons (Fsp3) is 0.941. The summed E-state index contributed by atoms with van der Waals surface area (Å²) in [6, 6.07) is 0. The number of likely N-dealkylation sites (tertiary alicyclic amines) is 1. The topological polar surface area (TPSA) is 73.0 Å². The molecule has 2 aliphatic heterocycles. The molecule has 1 N–H and O–H groups in total. The molecule has 8 heteroatoms. The number of carbonyl (C=O) groups is 1. The van der Waals surface area contributed by atoms with E-state index in [1.54, 1.807) is 0 Å². The standard InChI is InChI=1S/C17H34N4O3S/c1-19(2)25(23,24)21-14-7-9-16(15-21)17(22)18-10-8-13-20-11-5-3-4-6-12-20/h16H,3-15H2,1-2H3,(H,18,22)/t16-/m0/s1. The van der Waals surface area contributed by atoms with Gasteiger partial charge in [0.2, 0.25) is 5.91 Å². The summed E-state index contributed by atoms with van der Waals surface area (Å²) in [4.78, 5) is 14.9. The van der Waals surface area contributed by atoms with Crippen LogP contribution in [0.1, 0.15) is 44.9 Å². The summed E-state index contributed by atoms with van der Waals surface area (Å²) in [7, 11) is -0.370. The predicted octanol–water partition coefficient (Wildman–Crippen LogP) is 0.887. The van der Waals surface area contributed by atoms with Gasteiger partial charge in [0.1, 0.15) is 0 Å². The molecule has 1 amide bonds. The maximum absolute atomic E-state index is 12.4. The number of hydrogen-bond acceptors (Lipinski definition) is 4. The van der Waals surface area contributed by atoms with Crippen LogP contribution < -0.4 is 5.32 Å². The number of nitrogens with one attached hydrogen (secondary N) is 1. The Bertz CT molecular complexity index is 516. The molecule has 2 saturated heterocycles. The first-order valence-corrected chi connectivity index (χ1v) is 11.0. The van der Waals surface area contributed by atoms with E-state index in [0.29, 0.717) is 19.6 Å². The van der Waals surface area contributed by atoms with Gasteiger partial charge in [0, 0.05) is 33.7 Å². The summed E-state index contributed by atoms with van der Waals surface area (Å²) >= 11 is 0. The second-order valence-electron chi connectivity index (χ2n) is 7.39. The number of piperidine rings is 1. The van der Waals surface area contributed by atoms with Gasteiger partial charge in [-0.05, 0) is 51.7 Å². The second-order valence-corrected chi connectivity index (χ2v) is 9.53. The van der Waals surface area contributed by atoms with Gasteiger partial charge in [-0.3, -0.25) is 4.79 Å². The lowest BCUT2D eigenvalue weighted by molar-refractivity contribution is -0.126. The second kappa shape index (κ2) is 9.85. The van der Waals surface area contributed by atoms with Crippen molar-refractivity contribution >= 4 is 16.1 Å². The minimum atomic E-state index is -3.43. The highest BCUT2D eigenvalue weighted by molar-refractivity contribution is 7.86. The Morgan fingerprint density at radius 2 is 1.76 bits per heavy atom. The van der Waals surface area contributed by atoms with Crippen molar-refractivity contribution in [2.45, 2.75) is 44.9 Å². The zero-order valence-electron chi connectivity index (χ0n) is 15.7. The third-order valence-electron chi connectivity index (χ3n) is 5.19. The van der Waals surface area contributed by atoms with Crippen molar-refractivity contribution in [3.63, 3.8) is 0 Å². The maximum atomic E-state index is 12.4. The van der Waals surface area contributed by atoms with Crippen LogP contribution in [-0.4, -0.2) is 81.2 Å². The molecule has 1 atom stereocenters. The lowest BCUT2D eigenvalue weighted by Crippen LogP contribution is -2.49. The SMILES string of the molecule is CN(C)S(=O)(=O)N1CCC[C@H](C(=O)NCCCN2CCCCCC2)C1. The van der Waals surface area contributed by atoms with Crippen LogP contribution in [0, 0.1) is 5.92 Å². The number of hydrogen-bond donors (Lipinski definition) is 1. The summed E-state index contributed by atoms with van der Waals surface area (Å²) in [5.41, 5.74) is 0. The summed E-state index contributed by atoms with van der Waals surface area (Å²) in [5, 5.41) is 3.01. The molecule has 0 unspecified atom stereocenters. The smallest absolute Gasteiger partial charge is 0.281 e. The van der Waals surface area contributed by atoms with Gasteiger partial charge < -0.3 is 10.2 Å². The number of carbonyl (C=O) groups excluding carboxylic acids is 1. The molecule has 2 fully saturated rings. The number of amides is 1. The van der Waals surface area contributed by atoms with E-state index < -0.39 is 10.2 Å². The molecule has 7 nitrogen and oxygen atoms in total. The molecule has 25 heavy (non-hydrogen) atoms. The van der Waals surface area contributed by atoms with Crippen molar-refractivity contribution in [2.75, 3.05) is 53.4 Å². The normalized spacial score (nSPS) is 24.2. The van der Waals surface area contributed by atoms with E-state index in [2.05, 4.69) is 10.2 Å². The molecule has 0 radical (unpaired) electrons. The van der Waals surface area contributed by atoms with Gasteiger partial charge in [-0.1, -0.05) is 12.8 Å². The average Bonchev–Trinajstić information content (AvgIpc) is 2.87. The minimum Gasteiger partial charge on any atom is -0.356 e. The lowest BCUT2D eigenvalue weighted by Gasteiger charge is -2.32. The Labute approximate surface area is 152 Å². The fourth-order valence-corrected chi connectivity index (χ4v) is 4.81. The third-order valence-corrected chi connectivity index (χ3v) is 7.10. The van der Waals surface area contributed by atoms with Crippen LogP contribution >= 0.6 is 0 Å². The summed E-state index contributed by atoms with van der Waals surface area (Å²) < 4.78 is 27.1. The van der Waals surface area contributed by atoms with Crippen LogP contribution in [0.5, 0.6) is 0 Å². The molecule has 0 spiro atoms. The van der Waals surface area contributed by atoms with Gasteiger partial charge in [-0.15, -0.1) is 0 Å². The van der Waals surface area contributed by atoms with Gasteiger partial charge in [0.25, 0.3) is 10.2 Å². The highest BCUT2D eigenvalue weighted by Gasteiger charge is 2.33. The van der Waals surface area contributed by atoms with Gasteiger partial charge >= 0.3 is 0 Å². The van der Waals surface area contributed by atoms with E-state index >= 15 is 0 Å². The predicted molar refractivity (Wildman–Crippen MR) is 99.4 cm³/mol. The molecular weight excluding hydrogens is 340 g/mol. The van der Waals surface area contributed by atoms with Crippen molar-refractivity contribution in [3.05, 3.63) is 0 Å². The highest BCUT2D eigenvalue weighted by atomic mass is 32.2. The van der Waals surface area contributed by atoms with E-state index in [-0.39, 0.29) is 11.8 Å². The largest absolute Gasteiger partial charge is 0.356 e. The molecule has 2 heterocycles. The van der Waals surface area contributed by atoms with Crippen LogP contribution in [0.25, 0.3) is 0 Å². The van der Waals surface area contributed by atoms with Crippen LogP contribution in [0.15, 0.2) is 0 Å². The van der Waals surface area contributed by atoms with Crippen molar-refractivity contribution in [3.8, 4) is 0 Å². The van der Waals surface area contributed by atoms with E-state index in [1.807, 2.05) is 0 Å². The molecule has 0 aliphatic carbocycles. The summed E-state index contributed by atoms with van der Waals surface area (Å²) in [6.07, 6.45) is 7.69. The molecule has 2 aliphatic rings. The third kappa shape index (κ3) is 6.20. The van der Waals surface area contributed by atoms with E-state index in [0.717, 1.165) is 25.8 Å². The zero-order chi connectivity index (χ0) is 18.3. The molecule has 0 aromatic carbocycles. The van der Waals surface area contributed by atoms with Gasteiger partial charge in [0.15, 0.2) is 0 Å². The molecule has 0 saturated carbocycles. The average molecular weight is 375 g/mol. The molecule has 0 aromatic rings. The van der Waals surface area contributed by atoms with E-state index in [1.165, 1.54) is 61.5 Å². The first kappa shape index (κ1) is 20.6. The number of nitrogens with zero attached hydrogens (tertiary/aromatic N) is 3. The molecule has 146 valence electrons. The Morgan fingerprint density at radius 1 is 1.08 bits per heavy atom. The maximum Gasteiger partial charge on any atom is 0.281 e. The fourth-order valence-electron chi connectivity index (χ4n) is 3.62. The van der Waals surface area contributed by atoms with E-state index in [9.17, 15) is 13.2 Å². The Hall–Kier alpha value is -0.700. The van der Waals surface area contributed by atoms with Gasteiger partial charge in [-0.25, -0.2) is 0 Å². The van der Waals surface area contributed by atoms with Gasteiger partial charge in [-0.2, -0.15) is 17.0 Å².